The summed E-state index contributed by atoms with van der Waals surface area (Å²) in [7, 11) is 0. The van der Waals surface area contributed by atoms with E-state index >= 15 is 0 Å². The first-order chi connectivity index (χ1) is 6.20. The van der Waals surface area contributed by atoms with E-state index in [9.17, 15) is 0 Å². The monoisotopic (exact) mass is 293 g/mol. The smallest absolute Gasteiger partial charge is 0.0201 e. The molecule has 1 heterocycles. The molecule has 2 rings (SSSR count). The molecule has 0 N–H and O–H groups in total. The third-order valence-electron chi connectivity index (χ3n) is 4.10. The first-order valence-electron chi connectivity index (χ1n) is 5.61. The minimum absolute atomic E-state index is 0.772. The van der Waals surface area contributed by atoms with Crippen LogP contribution < -0.4 is 0 Å². The molecule has 0 atom stereocenters. The maximum Gasteiger partial charge on any atom is 0.0201 e. The molecule has 76 valence electrons. The average Bonchev–Trinajstić information content (AvgIpc) is 2.16. The van der Waals surface area contributed by atoms with Gasteiger partial charge in [0, 0.05) is 36.0 Å². The van der Waals surface area contributed by atoms with Gasteiger partial charge in [-0.1, -0.05) is 19.8 Å². The van der Waals surface area contributed by atoms with Gasteiger partial charge in [-0.15, -0.1) is 0 Å². The van der Waals surface area contributed by atoms with Crippen molar-refractivity contribution in [3.63, 3.8) is 0 Å². The van der Waals surface area contributed by atoms with Gasteiger partial charge in [0.05, 0.1) is 0 Å². The van der Waals surface area contributed by atoms with Crippen molar-refractivity contribution in [2.24, 2.45) is 11.3 Å². The molecule has 0 aromatic rings. The van der Waals surface area contributed by atoms with Crippen molar-refractivity contribution >= 4 is 22.9 Å². The lowest BCUT2D eigenvalue weighted by atomic mass is 9.66. The molecule has 13 heavy (non-hydrogen) atoms. The molecule has 2 aliphatic rings. The van der Waals surface area contributed by atoms with Crippen molar-refractivity contribution in [2.75, 3.05) is 13.1 Å². The number of hydrogen-bond acceptors (Lipinski definition) is 1. The highest BCUT2D eigenvalue weighted by molar-refractivity contribution is 14.1. The molecule has 2 heteroatoms. The Morgan fingerprint density at radius 1 is 1.08 bits per heavy atom. The van der Waals surface area contributed by atoms with Crippen LogP contribution in [0.3, 0.4) is 0 Å². The lowest BCUT2D eigenvalue weighted by Gasteiger charge is -2.44. The summed E-state index contributed by atoms with van der Waals surface area (Å²) in [6.45, 7) is 5.07. The summed E-state index contributed by atoms with van der Waals surface area (Å²) in [5.41, 5.74) is 0.772. The molecule has 0 aromatic heterocycles. The van der Waals surface area contributed by atoms with Gasteiger partial charge in [0.25, 0.3) is 0 Å². The van der Waals surface area contributed by atoms with Gasteiger partial charge in [0.1, 0.15) is 0 Å². The second kappa shape index (κ2) is 4.05. The predicted octanol–water partition coefficient (Wildman–Crippen LogP) is 3.63. The highest BCUT2D eigenvalue weighted by atomic mass is 127. The lowest BCUT2D eigenvalue weighted by molar-refractivity contribution is 0.0922. The molecule has 1 saturated heterocycles. The van der Waals surface area contributed by atoms with Gasteiger partial charge in [-0.25, -0.2) is 3.11 Å². The molecular formula is C11H20IN. The van der Waals surface area contributed by atoms with Gasteiger partial charge in [0.15, 0.2) is 0 Å². The Kier molecular flexibility index (Phi) is 3.18. The second-order valence-electron chi connectivity index (χ2n) is 5.09. The number of hydrogen-bond donors (Lipinski definition) is 0. The zero-order valence-corrected chi connectivity index (χ0v) is 10.7. The van der Waals surface area contributed by atoms with Crippen LogP contribution in [0.15, 0.2) is 0 Å². The molecule has 1 aliphatic carbocycles. The van der Waals surface area contributed by atoms with Crippen molar-refractivity contribution in [1.29, 1.82) is 0 Å². The Morgan fingerprint density at radius 2 is 1.62 bits per heavy atom. The van der Waals surface area contributed by atoms with Gasteiger partial charge in [-0.3, -0.25) is 0 Å². The summed E-state index contributed by atoms with van der Waals surface area (Å²) < 4.78 is 2.46. The van der Waals surface area contributed by atoms with Crippen LogP contribution in [0, 0.1) is 11.3 Å². The summed E-state index contributed by atoms with van der Waals surface area (Å²) in [5, 5.41) is 0. The van der Waals surface area contributed by atoms with Crippen LogP contribution in [0.1, 0.15) is 45.4 Å². The van der Waals surface area contributed by atoms with Gasteiger partial charge in [-0.05, 0) is 37.0 Å². The van der Waals surface area contributed by atoms with E-state index in [4.69, 9.17) is 0 Å². The molecule has 0 bridgehead atoms. The zero-order chi connectivity index (χ0) is 9.31. The van der Waals surface area contributed by atoms with Crippen molar-refractivity contribution in [3.8, 4) is 0 Å². The largest absolute Gasteiger partial charge is 0.248 e. The third-order valence-corrected chi connectivity index (χ3v) is 5.07. The van der Waals surface area contributed by atoms with Crippen LogP contribution in [-0.4, -0.2) is 16.2 Å². The van der Waals surface area contributed by atoms with Crippen LogP contribution in [-0.2, 0) is 0 Å². The molecule has 0 amide bonds. The zero-order valence-electron chi connectivity index (χ0n) is 8.56. The van der Waals surface area contributed by atoms with Crippen LogP contribution in [0.25, 0.3) is 0 Å². The van der Waals surface area contributed by atoms with Crippen molar-refractivity contribution in [1.82, 2.24) is 3.11 Å². The van der Waals surface area contributed by atoms with E-state index in [-0.39, 0.29) is 0 Å². The minimum Gasteiger partial charge on any atom is -0.248 e. The van der Waals surface area contributed by atoms with E-state index in [1.807, 2.05) is 0 Å². The fourth-order valence-electron chi connectivity index (χ4n) is 2.83. The SMILES string of the molecule is CC1CCC2(CC1)CCN(I)CC2. The quantitative estimate of drug-likeness (QED) is 0.487. The first kappa shape index (κ1) is 10.2. The second-order valence-corrected chi connectivity index (χ2v) is 6.46. The molecule has 0 unspecified atom stereocenters. The molecule has 1 saturated carbocycles. The average molecular weight is 293 g/mol. The molecule has 1 aliphatic heterocycles. The highest BCUT2D eigenvalue weighted by Gasteiger charge is 2.36. The van der Waals surface area contributed by atoms with Crippen LogP contribution in [0.2, 0.25) is 0 Å². The van der Waals surface area contributed by atoms with Crippen molar-refractivity contribution < 1.29 is 0 Å². The number of nitrogens with zero attached hydrogens (tertiary/aromatic N) is 1. The first-order valence-corrected chi connectivity index (χ1v) is 6.57. The van der Waals surface area contributed by atoms with E-state index in [2.05, 4.69) is 32.9 Å². The van der Waals surface area contributed by atoms with E-state index in [0.29, 0.717) is 0 Å². The highest BCUT2D eigenvalue weighted by Crippen LogP contribution is 2.46. The third kappa shape index (κ3) is 2.38. The van der Waals surface area contributed by atoms with Crippen molar-refractivity contribution in [3.05, 3.63) is 0 Å². The lowest BCUT2D eigenvalue weighted by Crippen LogP contribution is -2.37. The van der Waals surface area contributed by atoms with Gasteiger partial charge in [-0.2, -0.15) is 0 Å². The van der Waals surface area contributed by atoms with Crippen LogP contribution in [0.4, 0.5) is 0 Å². The Balaban J connectivity index is 1.90. The summed E-state index contributed by atoms with van der Waals surface area (Å²) in [6.07, 6.45) is 8.92. The molecule has 0 aromatic carbocycles. The Hall–Kier alpha value is 0.690. The number of piperidine rings is 1. The maximum atomic E-state index is 2.47. The van der Waals surface area contributed by atoms with E-state index in [1.54, 1.807) is 0 Å². The number of rotatable bonds is 0. The summed E-state index contributed by atoms with van der Waals surface area (Å²) >= 11 is 2.47. The summed E-state index contributed by atoms with van der Waals surface area (Å²) in [6, 6.07) is 0. The standard InChI is InChI=1S/C11H20IN/c1-10-2-4-11(5-3-10)6-8-13(12)9-7-11/h10H,2-9H2,1H3. The fraction of sp³-hybridized carbons (Fsp3) is 1.00. The van der Waals surface area contributed by atoms with E-state index in [0.717, 1.165) is 11.3 Å². The Morgan fingerprint density at radius 3 is 2.15 bits per heavy atom. The number of halogens is 1. The maximum absolute atomic E-state index is 2.47. The van der Waals surface area contributed by atoms with E-state index in [1.165, 1.54) is 51.6 Å². The normalized spacial score (nSPS) is 30.9. The van der Waals surface area contributed by atoms with Gasteiger partial charge >= 0.3 is 0 Å². The van der Waals surface area contributed by atoms with Crippen LogP contribution >= 0.6 is 22.9 Å². The summed E-state index contributed by atoms with van der Waals surface area (Å²) in [5.74, 6) is 1.00. The Bertz CT molecular complexity index is 141. The Labute approximate surface area is 95.8 Å². The minimum atomic E-state index is 0.772. The predicted molar refractivity (Wildman–Crippen MR) is 64.9 cm³/mol. The molecule has 0 radical (unpaired) electrons. The molecular weight excluding hydrogens is 273 g/mol. The van der Waals surface area contributed by atoms with E-state index < -0.39 is 0 Å². The topological polar surface area (TPSA) is 3.24 Å². The molecule has 1 nitrogen and oxygen atoms in total. The molecule has 1 spiro atoms. The fourth-order valence-corrected chi connectivity index (χ4v) is 3.31. The van der Waals surface area contributed by atoms with Crippen LogP contribution in [0.5, 0.6) is 0 Å². The van der Waals surface area contributed by atoms with Crippen molar-refractivity contribution in [2.45, 2.75) is 45.4 Å². The van der Waals surface area contributed by atoms with Gasteiger partial charge < -0.3 is 0 Å². The van der Waals surface area contributed by atoms with Gasteiger partial charge in [0.2, 0.25) is 0 Å². The molecule has 2 fully saturated rings. The summed E-state index contributed by atoms with van der Waals surface area (Å²) in [4.78, 5) is 0.